The van der Waals surface area contributed by atoms with E-state index in [1.54, 1.807) is 31.2 Å². The maximum atomic E-state index is 13.4. The Balaban J connectivity index is 1.22. The highest BCUT2D eigenvalue weighted by Crippen LogP contribution is 2.39. The Labute approximate surface area is 284 Å². The fourth-order valence-electron chi connectivity index (χ4n) is 5.97. The van der Waals surface area contributed by atoms with Gasteiger partial charge in [-0.25, -0.2) is 17.9 Å². The zero-order chi connectivity index (χ0) is 35.6. The standard InChI is InChI=1S/C32H31F3N6O8S/c1-2-47-31(42)30-29-28(37-40(30)21-7-9-22(10-8-21)48-23-11-13-24(14-12-23)49-32(33,34)35)26(15-16-36-29)38-17-19-39(20-18-38)50(45,46)27-6-4-3-5-25(27)41(43)44/h3-14,26,36H,2,15-20H2,1H3/t26-/m1/s1. The summed E-state index contributed by atoms with van der Waals surface area (Å²) in [5.74, 6) is -0.337. The smallest absolute Gasteiger partial charge is 0.461 e. The van der Waals surface area contributed by atoms with Crippen molar-refractivity contribution in [2.45, 2.75) is 30.6 Å². The van der Waals surface area contributed by atoms with Gasteiger partial charge < -0.3 is 19.5 Å². The number of nitro benzene ring substituents is 1. The molecule has 1 atom stereocenters. The Morgan fingerprint density at radius 3 is 2.22 bits per heavy atom. The summed E-state index contributed by atoms with van der Waals surface area (Å²) in [6, 6.07) is 16.5. The van der Waals surface area contributed by atoms with Gasteiger partial charge in [-0.1, -0.05) is 12.1 Å². The van der Waals surface area contributed by atoms with Crippen LogP contribution < -0.4 is 14.8 Å². The van der Waals surface area contributed by atoms with Gasteiger partial charge in [0.15, 0.2) is 10.6 Å². The lowest BCUT2D eigenvalue weighted by Gasteiger charge is -2.39. The average molecular weight is 717 g/mol. The normalized spacial score (nSPS) is 17.0. The Hall–Kier alpha value is -5.20. The Bertz CT molecular complexity index is 1980. The summed E-state index contributed by atoms with van der Waals surface area (Å²) >= 11 is 0. The van der Waals surface area contributed by atoms with E-state index in [-0.39, 0.29) is 47.8 Å². The van der Waals surface area contributed by atoms with Crippen LogP contribution in [0, 0.1) is 10.1 Å². The summed E-state index contributed by atoms with van der Waals surface area (Å²) < 4.78 is 82.0. The number of nitro groups is 1. The SMILES string of the molecule is CCOC(=O)c1c2c(nn1-c1ccc(Oc3ccc(OC(F)(F)F)cc3)cc1)[C@H](N1CCN(S(=O)(=O)c3ccccc3[N+](=O)[O-])CC1)CCN2. The van der Waals surface area contributed by atoms with Crippen molar-refractivity contribution in [1.82, 2.24) is 19.0 Å². The van der Waals surface area contributed by atoms with Gasteiger partial charge in [-0.15, -0.1) is 13.2 Å². The molecule has 3 heterocycles. The highest BCUT2D eigenvalue weighted by atomic mass is 32.2. The number of hydrogen-bond acceptors (Lipinski definition) is 11. The van der Waals surface area contributed by atoms with Crippen LogP contribution in [0.4, 0.5) is 24.5 Å². The first-order valence-corrected chi connectivity index (χ1v) is 17.0. The van der Waals surface area contributed by atoms with Gasteiger partial charge in [0.25, 0.3) is 5.69 Å². The van der Waals surface area contributed by atoms with Crippen LogP contribution in [0.15, 0.2) is 77.7 Å². The molecular weight excluding hydrogens is 685 g/mol. The first kappa shape index (κ1) is 34.7. The van der Waals surface area contributed by atoms with Crippen LogP contribution in [-0.4, -0.2) is 84.0 Å². The molecule has 2 aliphatic rings. The van der Waals surface area contributed by atoms with E-state index in [1.807, 2.05) is 0 Å². The molecule has 6 rings (SSSR count). The molecule has 0 amide bonds. The maximum Gasteiger partial charge on any atom is 0.573 e. The number of ether oxygens (including phenoxy) is 3. The first-order valence-electron chi connectivity index (χ1n) is 15.5. The zero-order valence-corrected chi connectivity index (χ0v) is 27.3. The van der Waals surface area contributed by atoms with E-state index >= 15 is 0 Å². The molecule has 0 saturated carbocycles. The van der Waals surface area contributed by atoms with Crippen LogP contribution in [0.1, 0.15) is 35.6 Å². The Morgan fingerprint density at radius 1 is 0.980 bits per heavy atom. The first-order chi connectivity index (χ1) is 23.9. The Morgan fingerprint density at radius 2 is 1.60 bits per heavy atom. The fraction of sp³-hybridized carbons (Fsp3) is 0.312. The molecule has 14 nitrogen and oxygen atoms in total. The molecule has 264 valence electrons. The number of halogens is 3. The van der Waals surface area contributed by atoms with E-state index in [0.717, 1.165) is 18.2 Å². The largest absolute Gasteiger partial charge is 0.573 e. The predicted octanol–water partition coefficient (Wildman–Crippen LogP) is 5.51. The molecule has 1 fully saturated rings. The average Bonchev–Trinajstić information content (AvgIpc) is 3.49. The molecule has 0 aliphatic carbocycles. The minimum Gasteiger partial charge on any atom is -0.461 e. The fourth-order valence-corrected chi connectivity index (χ4v) is 7.54. The quantitative estimate of drug-likeness (QED) is 0.125. The molecule has 0 unspecified atom stereocenters. The van der Waals surface area contributed by atoms with Crippen LogP contribution in [0.25, 0.3) is 5.69 Å². The lowest BCUT2D eigenvalue weighted by atomic mass is 10.0. The van der Waals surface area contributed by atoms with Crippen LogP contribution in [0.5, 0.6) is 17.2 Å². The lowest BCUT2D eigenvalue weighted by molar-refractivity contribution is -0.387. The number of carbonyl (C=O) groups excluding carboxylic acids is 1. The van der Waals surface area contributed by atoms with Crippen molar-refractivity contribution in [2.24, 2.45) is 0 Å². The molecule has 3 aromatic carbocycles. The number of anilines is 1. The molecule has 4 aromatic rings. The van der Waals surface area contributed by atoms with Crippen molar-refractivity contribution < 1.29 is 45.5 Å². The predicted molar refractivity (Wildman–Crippen MR) is 172 cm³/mol. The molecule has 2 aliphatic heterocycles. The summed E-state index contributed by atoms with van der Waals surface area (Å²) in [5.41, 5.74) is 1.28. The number of esters is 1. The molecule has 1 aromatic heterocycles. The lowest BCUT2D eigenvalue weighted by Crippen LogP contribution is -2.50. The molecule has 50 heavy (non-hydrogen) atoms. The second-order valence-electron chi connectivity index (χ2n) is 11.3. The van der Waals surface area contributed by atoms with Crippen molar-refractivity contribution in [1.29, 1.82) is 0 Å². The summed E-state index contributed by atoms with van der Waals surface area (Å²) in [4.78, 5) is 25.8. The van der Waals surface area contributed by atoms with Crippen LogP contribution >= 0.6 is 0 Å². The number of benzene rings is 3. The summed E-state index contributed by atoms with van der Waals surface area (Å²) in [7, 11) is -4.13. The van der Waals surface area contributed by atoms with E-state index in [4.69, 9.17) is 14.6 Å². The van der Waals surface area contributed by atoms with Gasteiger partial charge in [0, 0.05) is 38.8 Å². The number of nitrogens with one attached hydrogen (secondary N) is 1. The number of sulfonamides is 1. The highest BCUT2D eigenvalue weighted by Gasteiger charge is 2.39. The molecular formula is C32H31F3N6O8S. The monoisotopic (exact) mass is 716 g/mol. The molecule has 18 heteroatoms. The van der Waals surface area contributed by atoms with E-state index < -0.39 is 33.0 Å². The third-order valence-electron chi connectivity index (χ3n) is 8.18. The molecule has 0 bridgehead atoms. The van der Waals surface area contributed by atoms with Gasteiger partial charge in [0.2, 0.25) is 10.0 Å². The molecule has 0 spiro atoms. The summed E-state index contributed by atoms with van der Waals surface area (Å²) in [6.45, 7) is 3.15. The van der Waals surface area contributed by atoms with Crippen molar-refractivity contribution in [3.05, 3.63) is 94.3 Å². The van der Waals surface area contributed by atoms with Crippen LogP contribution in [0.2, 0.25) is 0 Å². The number of alkyl halides is 3. The Kier molecular flexibility index (Phi) is 9.68. The molecule has 1 N–H and O–H groups in total. The van der Waals surface area contributed by atoms with Gasteiger partial charge in [0.1, 0.15) is 22.9 Å². The van der Waals surface area contributed by atoms with Gasteiger partial charge >= 0.3 is 12.3 Å². The topological polar surface area (TPSA) is 158 Å². The number of nitrogens with zero attached hydrogens (tertiary/aromatic N) is 5. The highest BCUT2D eigenvalue weighted by molar-refractivity contribution is 7.89. The van der Waals surface area contributed by atoms with Gasteiger partial charge in [-0.3, -0.25) is 15.0 Å². The number of para-hydroxylation sites is 1. The van der Waals surface area contributed by atoms with E-state index in [2.05, 4.69) is 15.0 Å². The molecule has 1 saturated heterocycles. The van der Waals surface area contributed by atoms with Crippen LogP contribution in [0.3, 0.4) is 0 Å². The van der Waals surface area contributed by atoms with Gasteiger partial charge in [-0.2, -0.15) is 9.40 Å². The van der Waals surface area contributed by atoms with Crippen molar-refractivity contribution in [2.75, 3.05) is 44.6 Å². The van der Waals surface area contributed by atoms with Crippen molar-refractivity contribution in [3.8, 4) is 22.9 Å². The van der Waals surface area contributed by atoms with E-state index in [1.165, 1.54) is 39.3 Å². The number of rotatable bonds is 10. The van der Waals surface area contributed by atoms with Crippen molar-refractivity contribution >= 4 is 27.4 Å². The second kappa shape index (κ2) is 14.0. The number of hydrogen-bond donors (Lipinski definition) is 1. The zero-order valence-electron chi connectivity index (χ0n) is 26.5. The number of aromatic nitrogens is 2. The third kappa shape index (κ3) is 7.22. The van der Waals surface area contributed by atoms with E-state index in [9.17, 15) is 36.5 Å². The minimum atomic E-state index is -4.81. The number of carbonyl (C=O) groups is 1. The van der Waals surface area contributed by atoms with Crippen molar-refractivity contribution in [3.63, 3.8) is 0 Å². The minimum absolute atomic E-state index is 0.0959. The van der Waals surface area contributed by atoms with Gasteiger partial charge in [0.05, 0.1) is 28.9 Å². The number of fused-ring (bicyclic) bond motifs is 1. The van der Waals surface area contributed by atoms with Crippen LogP contribution in [-0.2, 0) is 14.8 Å². The second-order valence-corrected chi connectivity index (χ2v) is 13.2. The number of piperazine rings is 1. The third-order valence-corrected chi connectivity index (χ3v) is 10.1. The summed E-state index contributed by atoms with van der Waals surface area (Å²) in [6.07, 6.45) is -4.20. The van der Waals surface area contributed by atoms with Gasteiger partial charge in [-0.05, 0) is 67.9 Å². The van der Waals surface area contributed by atoms with E-state index in [0.29, 0.717) is 48.9 Å². The maximum absolute atomic E-state index is 13.4. The summed E-state index contributed by atoms with van der Waals surface area (Å²) in [5, 5.41) is 19.6. The molecule has 0 radical (unpaired) electrons.